The molecule has 1 N–H and O–H groups in total. The summed E-state index contributed by atoms with van der Waals surface area (Å²) in [6.07, 6.45) is 0.573. The SMILES string of the molecule is COc1ccc(CCNC(=O)c2ccc(N3C(=O)c4cccc5c([N+](=O)[O-])ccc(c45)C3=O)cc2)cc1OC. The molecule has 4 aromatic carbocycles. The van der Waals surface area contributed by atoms with E-state index < -0.39 is 16.7 Å². The molecule has 1 heterocycles. The molecule has 5 rings (SSSR count). The first kappa shape index (κ1) is 25.4. The fourth-order valence-corrected chi connectivity index (χ4v) is 4.70. The van der Waals surface area contributed by atoms with Gasteiger partial charge < -0.3 is 14.8 Å². The lowest BCUT2D eigenvalue weighted by Crippen LogP contribution is -2.40. The summed E-state index contributed by atoms with van der Waals surface area (Å²) in [7, 11) is 3.12. The highest BCUT2D eigenvalue weighted by Crippen LogP contribution is 2.37. The van der Waals surface area contributed by atoms with Gasteiger partial charge in [-0.2, -0.15) is 0 Å². The second kappa shape index (κ2) is 10.3. The van der Waals surface area contributed by atoms with Crippen LogP contribution in [0, 0.1) is 10.1 Å². The Morgan fingerprint density at radius 2 is 1.59 bits per heavy atom. The van der Waals surface area contributed by atoms with Gasteiger partial charge in [0, 0.05) is 34.7 Å². The molecule has 0 aromatic heterocycles. The van der Waals surface area contributed by atoms with Crippen LogP contribution < -0.4 is 19.7 Å². The number of carbonyl (C=O) groups excluding carboxylic acids is 3. The van der Waals surface area contributed by atoms with E-state index in [0.29, 0.717) is 30.0 Å². The molecule has 0 saturated carbocycles. The molecule has 0 spiro atoms. The smallest absolute Gasteiger partial charge is 0.277 e. The summed E-state index contributed by atoms with van der Waals surface area (Å²) in [5.74, 6) is -0.259. The van der Waals surface area contributed by atoms with Crippen LogP contribution in [0.4, 0.5) is 11.4 Å². The van der Waals surface area contributed by atoms with Crippen LogP contribution in [-0.2, 0) is 6.42 Å². The quantitative estimate of drug-likeness (QED) is 0.203. The Balaban J connectivity index is 1.31. The van der Waals surface area contributed by atoms with Crippen LogP contribution in [0.1, 0.15) is 36.6 Å². The Bertz CT molecular complexity index is 1630. The van der Waals surface area contributed by atoms with Crippen molar-refractivity contribution in [2.24, 2.45) is 0 Å². The summed E-state index contributed by atoms with van der Waals surface area (Å²) in [5, 5.41) is 14.8. The van der Waals surface area contributed by atoms with Crippen LogP contribution in [0.3, 0.4) is 0 Å². The van der Waals surface area contributed by atoms with Gasteiger partial charge >= 0.3 is 0 Å². The largest absolute Gasteiger partial charge is 0.493 e. The zero-order valence-electron chi connectivity index (χ0n) is 21.1. The number of nitro benzene ring substituents is 1. The minimum atomic E-state index is -0.592. The van der Waals surface area contributed by atoms with Gasteiger partial charge in [-0.1, -0.05) is 12.1 Å². The highest BCUT2D eigenvalue weighted by molar-refractivity contribution is 6.36. The number of nitrogens with zero attached hydrogens (tertiary/aromatic N) is 2. The number of rotatable bonds is 8. The van der Waals surface area contributed by atoms with E-state index in [1.54, 1.807) is 26.4 Å². The van der Waals surface area contributed by atoms with Crippen LogP contribution in [0.2, 0.25) is 0 Å². The van der Waals surface area contributed by atoms with E-state index in [0.717, 1.165) is 10.5 Å². The van der Waals surface area contributed by atoms with E-state index in [9.17, 15) is 24.5 Å². The summed E-state index contributed by atoms with van der Waals surface area (Å²) in [4.78, 5) is 51.3. The third-order valence-electron chi connectivity index (χ3n) is 6.62. The number of imide groups is 1. The molecular weight excluding hydrogens is 502 g/mol. The van der Waals surface area contributed by atoms with Crippen LogP contribution in [0.25, 0.3) is 10.8 Å². The summed E-state index contributed by atoms with van der Waals surface area (Å²) < 4.78 is 10.5. The average molecular weight is 526 g/mol. The van der Waals surface area contributed by atoms with E-state index in [4.69, 9.17) is 9.47 Å². The Hall–Kier alpha value is -5.25. The van der Waals surface area contributed by atoms with Gasteiger partial charge in [0.2, 0.25) is 0 Å². The number of non-ortho nitro benzene ring substituents is 1. The molecule has 1 aliphatic rings. The molecule has 0 saturated heterocycles. The Morgan fingerprint density at radius 3 is 2.26 bits per heavy atom. The molecule has 0 aliphatic carbocycles. The minimum absolute atomic E-state index is 0.175. The predicted octanol–water partition coefficient (Wildman–Crippen LogP) is 4.54. The first-order chi connectivity index (χ1) is 18.8. The minimum Gasteiger partial charge on any atom is -0.493 e. The lowest BCUT2D eigenvalue weighted by Gasteiger charge is -2.27. The van der Waals surface area contributed by atoms with Crippen molar-refractivity contribution in [3.63, 3.8) is 0 Å². The molecule has 0 bridgehead atoms. The van der Waals surface area contributed by atoms with Gasteiger partial charge in [-0.3, -0.25) is 24.5 Å². The van der Waals surface area contributed by atoms with Crippen molar-refractivity contribution in [1.29, 1.82) is 0 Å². The van der Waals surface area contributed by atoms with Gasteiger partial charge in [-0.25, -0.2) is 4.90 Å². The molecule has 0 unspecified atom stereocenters. The van der Waals surface area contributed by atoms with Crippen LogP contribution >= 0.6 is 0 Å². The van der Waals surface area contributed by atoms with Gasteiger partial charge in [0.15, 0.2) is 11.5 Å². The maximum absolute atomic E-state index is 13.3. The summed E-state index contributed by atoms with van der Waals surface area (Å²) in [5.41, 5.74) is 1.83. The van der Waals surface area contributed by atoms with Gasteiger partial charge in [0.1, 0.15) is 0 Å². The molecule has 0 radical (unpaired) electrons. The zero-order chi connectivity index (χ0) is 27.7. The Morgan fingerprint density at radius 1 is 0.897 bits per heavy atom. The average Bonchev–Trinajstić information content (AvgIpc) is 2.95. The maximum atomic E-state index is 13.3. The fourth-order valence-electron chi connectivity index (χ4n) is 4.70. The third-order valence-corrected chi connectivity index (χ3v) is 6.62. The Labute approximate surface area is 222 Å². The van der Waals surface area contributed by atoms with Gasteiger partial charge in [0.05, 0.1) is 30.2 Å². The normalized spacial score (nSPS) is 12.4. The lowest BCUT2D eigenvalue weighted by atomic mass is 9.92. The highest BCUT2D eigenvalue weighted by Gasteiger charge is 2.35. The van der Waals surface area contributed by atoms with Crippen molar-refractivity contribution < 1.29 is 28.8 Å². The lowest BCUT2D eigenvalue weighted by molar-refractivity contribution is -0.383. The maximum Gasteiger partial charge on any atom is 0.277 e. The number of hydrogen-bond donors (Lipinski definition) is 1. The number of benzene rings is 4. The van der Waals surface area contributed by atoms with E-state index >= 15 is 0 Å². The molecule has 10 heteroatoms. The molecule has 196 valence electrons. The van der Waals surface area contributed by atoms with Crippen LogP contribution in [0.5, 0.6) is 11.5 Å². The number of amides is 3. The molecule has 3 amide bonds. The van der Waals surface area contributed by atoms with Crippen LogP contribution in [0.15, 0.2) is 72.8 Å². The van der Waals surface area contributed by atoms with E-state index in [1.165, 1.54) is 48.5 Å². The van der Waals surface area contributed by atoms with Gasteiger partial charge in [-0.05, 0) is 66.6 Å². The van der Waals surface area contributed by atoms with Gasteiger partial charge in [0.25, 0.3) is 23.4 Å². The number of anilines is 1. The standard InChI is InChI=1S/C29H23N3O7/c1-38-24-13-6-17(16-25(24)39-2)14-15-30-27(33)18-7-9-19(10-8-18)31-28(34)21-5-3-4-20-23(32(36)37)12-11-22(26(20)21)29(31)35/h3-13,16H,14-15H2,1-2H3,(H,30,33). The monoisotopic (exact) mass is 525 g/mol. The molecule has 0 fully saturated rings. The first-order valence-electron chi connectivity index (χ1n) is 12.0. The highest BCUT2D eigenvalue weighted by atomic mass is 16.6. The number of ether oxygens (including phenoxy) is 2. The number of methoxy groups -OCH3 is 2. The van der Waals surface area contributed by atoms with Crippen molar-refractivity contribution in [3.8, 4) is 11.5 Å². The number of nitrogens with one attached hydrogen (secondary N) is 1. The van der Waals surface area contributed by atoms with Gasteiger partial charge in [-0.15, -0.1) is 0 Å². The van der Waals surface area contributed by atoms with Crippen molar-refractivity contribution in [1.82, 2.24) is 5.32 Å². The fraction of sp³-hybridized carbons (Fsp3) is 0.138. The van der Waals surface area contributed by atoms with Crippen molar-refractivity contribution in [2.75, 3.05) is 25.7 Å². The number of carbonyl (C=O) groups is 3. The first-order valence-corrected chi connectivity index (χ1v) is 12.0. The van der Waals surface area contributed by atoms with E-state index in [2.05, 4.69) is 5.32 Å². The van der Waals surface area contributed by atoms with Crippen molar-refractivity contribution >= 4 is 39.9 Å². The van der Waals surface area contributed by atoms with Crippen LogP contribution in [-0.4, -0.2) is 43.4 Å². The summed E-state index contributed by atoms with van der Waals surface area (Å²) in [6, 6.07) is 18.9. The predicted molar refractivity (Wildman–Crippen MR) is 144 cm³/mol. The third kappa shape index (κ3) is 4.52. The van der Waals surface area contributed by atoms with E-state index in [1.807, 2.05) is 12.1 Å². The number of nitro groups is 1. The topological polar surface area (TPSA) is 128 Å². The summed E-state index contributed by atoms with van der Waals surface area (Å²) in [6.45, 7) is 0.381. The zero-order valence-corrected chi connectivity index (χ0v) is 21.1. The molecule has 0 atom stereocenters. The second-order valence-corrected chi connectivity index (χ2v) is 8.81. The molecule has 10 nitrogen and oxygen atoms in total. The number of hydrogen-bond acceptors (Lipinski definition) is 7. The Kier molecular flexibility index (Phi) is 6.68. The molecule has 4 aromatic rings. The molecule has 39 heavy (non-hydrogen) atoms. The van der Waals surface area contributed by atoms with Crippen molar-refractivity contribution in [3.05, 3.63) is 105 Å². The molecule has 1 aliphatic heterocycles. The molecular formula is C29H23N3O7. The second-order valence-electron chi connectivity index (χ2n) is 8.81. The summed E-state index contributed by atoms with van der Waals surface area (Å²) >= 11 is 0. The van der Waals surface area contributed by atoms with E-state index in [-0.39, 0.29) is 39.2 Å². The van der Waals surface area contributed by atoms with Crippen molar-refractivity contribution in [2.45, 2.75) is 6.42 Å².